The lowest BCUT2D eigenvalue weighted by Gasteiger charge is -2.12. The second-order valence-electron chi connectivity index (χ2n) is 7.05. The molecule has 0 fully saturated rings. The average Bonchev–Trinajstić information content (AvgIpc) is 3.22. The Morgan fingerprint density at radius 2 is 1.73 bits per heavy atom. The number of H-pyrrole nitrogens is 1. The molecule has 4 rings (SSSR count). The maximum absolute atomic E-state index is 13.0. The molecule has 2 aromatic carbocycles. The molecular formula is C22H21N5O2S. The molecule has 4 aromatic rings. The molecule has 0 aliphatic carbocycles. The van der Waals surface area contributed by atoms with Crippen LogP contribution in [0, 0.1) is 13.8 Å². The summed E-state index contributed by atoms with van der Waals surface area (Å²) in [5, 5.41) is 10.4. The van der Waals surface area contributed by atoms with E-state index in [-0.39, 0.29) is 17.2 Å². The van der Waals surface area contributed by atoms with Crippen LogP contribution >= 0.6 is 11.8 Å². The molecule has 0 spiro atoms. The molecule has 0 aliphatic rings. The molecule has 152 valence electrons. The van der Waals surface area contributed by atoms with Crippen molar-refractivity contribution in [3.63, 3.8) is 0 Å². The topological polar surface area (TPSA) is 92.7 Å². The Morgan fingerprint density at radius 3 is 2.43 bits per heavy atom. The number of amides is 1. The van der Waals surface area contributed by atoms with Gasteiger partial charge >= 0.3 is 0 Å². The lowest BCUT2D eigenvalue weighted by Crippen LogP contribution is -2.26. The third kappa shape index (κ3) is 4.28. The van der Waals surface area contributed by atoms with Gasteiger partial charge in [0.25, 0.3) is 5.56 Å². The van der Waals surface area contributed by atoms with E-state index in [9.17, 15) is 9.59 Å². The van der Waals surface area contributed by atoms with E-state index in [1.807, 2.05) is 62.4 Å². The highest BCUT2D eigenvalue weighted by atomic mass is 32.2. The minimum atomic E-state index is -0.222. The molecule has 0 unspecified atom stereocenters. The molecule has 2 N–H and O–H groups in total. The number of carbonyl (C=O) groups is 1. The van der Waals surface area contributed by atoms with Gasteiger partial charge in [0.2, 0.25) is 5.91 Å². The number of aromatic amines is 1. The molecule has 30 heavy (non-hydrogen) atoms. The van der Waals surface area contributed by atoms with Gasteiger partial charge in [0.1, 0.15) is 5.39 Å². The summed E-state index contributed by atoms with van der Waals surface area (Å²) >= 11 is 1.22. The smallest absolute Gasteiger partial charge is 0.269 e. The van der Waals surface area contributed by atoms with E-state index in [1.54, 1.807) is 0 Å². The Kier molecular flexibility index (Phi) is 5.67. The summed E-state index contributed by atoms with van der Waals surface area (Å²) in [6.45, 7) is 4.46. The number of hydrogen-bond donors (Lipinski definition) is 2. The lowest BCUT2D eigenvalue weighted by atomic mass is 10.1. The summed E-state index contributed by atoms with van der Waals surface area (Å²) in [5.41, 5.74) is 4.19. The van der Waals surface area contributed by atoms with Gasteiger partial charge in [0, 0.05) is 6.54 Å². The molecule has 0 radical (unpaired) electrons. The van der Waals surface area contributed by atoms with Crippen molar-refractivity contribution in [3.05, 3.63) is 81.8 Å². The number of aromatic nitrogens is 4. The fourth-order valence-corrected chi connectivity index (χ4v) is 3.82. The summed E-state index contributed by atoms with van der Waals surface area (Å²) in [5.74, 6) is 0.0130. The van der Waals surface area contributed by atoms with Crippen molar-refractivity contribution in [1.82, 2.24) is 25.1 Å². The predicted molar refractivity (Wildman–Crippen MR) is 118 cm³/mol. The van der Waals surface area contributed by atoms with Crippen molar-refractivity contribution in [2.75, 3.05) is 5.75 Å². The first-order valence-electron chi connectivity index (χ1n) is 9.49. The zero-order chi connectivity index (χ0) is 21.1. The van der Waals surface area contributed by atoms with Crippen molar-refractivity contribution in [2.24, 2.45) is 0 Å². The standard InChI is InChI=1S/C22H21N5O2S/c1-14-3-7-16(8-4-14)11-23-19(28)13-30-22-25-20-18(12-24-26-20)21(29)27(22)17-9-5-15(2)6-10-17/h3-10,12H,11,13H2,1-2H3,(H,23,28)(H,24,26). The Balaban J connectivity index is 1.55. The maximum atomic E-state index is 13.0. The number of benzene rings is 2. The van der Waals surface area contributed by atoms with E-state index in [2.05, 4.69) is 20.5 Å². The van der Waals surface area contributed by atoms with Crippen LogP contribution in [0.15, 0.2) is 64.7 Å². The lowest BCUT2D eigenvalue weighted by molar-refractivity contribution is -0.118. The Labute approximate surface area is 177 Å². The second kappa shape index (κ2) is 8.54. The van der Waals surface area contributed by atoms with Crippen molar-refractivity contribution >= 4 is 28.7 Å². The van der Waals surface area contributed by atoms with Gasteiger partial charge in [0.05, 0.1) is 17.6 Å². The molecule has 7 nitrogen and oxygen atoms in total. The second-order valence-corrected chi connectivity index (χ2v) is 8.00. The van der Waals surface area contributed by atoms with Crippen molar-refractivity contribution in [1.29, 1.82) is 0 Å². The molecule has 0 saturated heterocycles. The van der Waals surface area contributed by atoms with Crippen LogP contribution in [-0.2, 0) is 11.3 Å². The summed E-state index contributed by atoms with van der Waals surface area (Å²) in [6.07, 6.45) is 1.47. The van der Waals surface area contributed by atoms with E-state index in [1.165, 1.54) is 28.1 Å². The van der Waals surface area contributed by atoms with Crippen LogP contribution in [0.1, 0.15) is 16.7 Å². The number of aryl methyl sites for hydroxylation is 2. The minimum absolute atomic E-state index is 0.130. The van der Waals surface area contributed by atoms with Gasteiger partial charge in [-0.1, -0.05) is 59.3 Å². The Hall–Kier alpha value is -3.39. The largest absolute Gasteiger partial charge is 0.351 e. The van der Waals surface area contributed by atoms with Gasteiger partial charge in [0.15, 0.2) is 10.8 Å². The quantitative estimate of drug-likeness (QED) is 0.370. The monoisotopic (exact) mass is 419 g/mol. The number of fused-ring (bicyclic) bond motifs is 1. The molecule has 0 aliphatic heterocycles. The van der Waals surface area contributed by atoms with Gasteiger partial charge in [-0.15, -0.1) is 0 Å². The van der Waals surface area contributed by atoms with Crippen LogP contribution in [0.2, 0.25) is 0 Å². The van der Waals surface area contributed by atoms with Gasteiger partial charge in [-0.25, -0.2) is 4.98 Å². The van der Waals surface area contributed by atoms with Crippen LogP contribution in [0.5, 0.6) is 0 Å². The van der Waals surface area contributed by atoms with Crippen LogP contribution < -0.4 is 10.9 Å². The van der Waals surface area contributed by atoms with Crippen LogP contribution in [0.25, 0.3) is 16.7 Å². The van der Waals surface area contributed by atoms with Crippen LogP contribution in [-0.4, -0.2) is 31.4 Å². The third-order valence-electron chi connectivity index (χ3n) is 4.69. The summed E-state index contributed by atoms with van der Waals surface area (Å²) in [6, 6.07) is 15.6. The highest BCUT2D eigenvalue weighted by Crippen LogP contribution is 2.20. The number of thioether (sulfide) groups is 1. The Morgan fingerprint density at radius 1 is 1.07 bits per heavy atom. The predicted octanol–water partition coefficient (Wildman–Crippen LogP) is 3.13. The number of nitrogens with zero attached hydrogens (tertiary/aromatic N) is 3. The normalized spacial score (nSPS) is 11.0. The number of rotatable bonds is 6. The highest BCUT2D eigenvalue weighted by Gasteiger charge is 2.16. The van der Waals surface area contributed by atoms with E-state index in [0.29, 0.717) is 28.4 Å². The zero-order valence-corrected chi connectivity index (χ0v) is 17.5. The summed E-state index contributed by atoms with van der Waals surface area (Å²) in [7, 11) is 0. The molecular weight excluding hydrogens is 398 g/mol. The first-order valence-corrected chi connectivity index (χ1v) is 10.5. The van der Waals surface area contributed by atoms with Crippen molar-refractivity contribution in [2.45, 2.75) is 25.5 Å². The van der Waals surface area contributed by atoms with Gasteiger partial charge in [-0.2, -0.15) is 5.10 Å². The number of nitrogens with one attached hydrogen (secondary N) is 2. The van der Waals surface area contributed by atoms with E-state index in [4.69, 9.17) is 0 Å². The van der Waals surface area contributed by atoms with E-state index >= 15 is 0 Å². The minimum Gasteiger partial charge on any atom is -0.351 e. The number of carbonyl (C=O) groups excluding carboxylic acids is 1. The average molecular weight is 420 g/mol. The maximum Gasteiger partial charge on any atom is 0.269 e. The molecule has 2 aromatic heterocycles. The van der Waals surface area contributed by atoms with E-state index in [0.717, 1.165) is 11.1 Å². The molecule has 0 atom stereocenters. The zero-order valence-electron chi connectivity index (χ0n) is 16.7. The van der Waals surface area contributed by atoms with Crippen molar-refractivity contribution < 1.29 is 4.79 Å². The van der Waals surface area contributed by atoms with E-state index < -0.39 is 0 Å². The first kappa shape index (κ1) is 19.9. The molecule has 0 saturated carbocycles. The first-order chi connectivity index (χ1) is 14.5. The van der Waals surface area contributed by atoms with Gasteiger partial charge < -0.3 is 5.32 Å². The highest BCUT2D eigenvalue weighted by molar-refractivity contribution is 7.99. The molecule has 2 heterocycles. The molecule has 8 heteroatoms. The molecule has 1 amide bonds. The number of hydrogen-bond acceptors (Lipinski definition) is 5. The van der Waals surface area contributed by atoms with Gasteiger partial charge in [-0.3, -0.25) is 19.3 Å². The van der Waals surface area contributed by atoms with Crippen LogP contribution in [0.4, 0.5) is 0 Å². The van der Waals surface area contributed by atoms with Crippen molar-refractivity contribution in [3.8, 4) is 5.69 Å². The molecule has 0 bridgehead atoms. The summed E-state index contributed by atoms with van der Waals surface area (Å²) < 4.78 is 1.52. The Bertz CT molecular complexity index is 1240. The SMILES string of the molecule is Cc1ccc(CNC(=O)CSc2nc3[nH]ncc3c(=O)n2-c2ccc(C)cc2)cc1. The fraction of sp³-hybridized carbons (Fsp3) is 0.182. The fourth-order valence-electron chi connectivity index (χ4n) is 2.98. The van der Waals surface area contributed by atoms with Crippen LogP contribution in [0.3, 0.4) is 0 Å². The summed E-state index contributed by atoms with van der Waals surface area (Å²) in [4.78, 5) is 29.9. The van der Waals surface area contributed by atoms with Gasteiger partial charge in [-0.05, 0) is 31.5 Å². The third-order valence-corrected chi connectivity index (χ3v) is 5.62.